The Labute approximate surface area is 126 Å². The lowest BCUT2D eigenvalue weighted by molar-refractivity contribution is 0.330. The number of rotatable bonds is 3. The zero-order valence-corrected chi connectivity index (χ0v) is 13.2. The number of hydrogen-bond acceptors (Lipinski definition) is 4. The molecule has 0 aromatic heterocycles. The summed E-state index contributed by atoms with van der Waals surface area (Å²) in [5.74, 6) is 0. The van der Waals surface area contributed by atoms with Gasteiger partial charge in [-0.3, -0.25) is 0 Å². The zero-order chi connectivity index (χ0) is 14.6. The molecule has 0 aliphatic carbocycles. The van der Waals surface area contributed by atoms with Gasteiger partial charge in [-0.05, 0) is 43.5 Å². The van der Waals surface area contributed by atoms with E-state index in [1.165, 1.54) is 10.4 Å². The maximum Gasteiger partial charge on any atom is 0.244 e. The first-order valence-corrected chi connectivity index (χ1v) is 8.63. The van der Waals surface area contributed by atoms with Crippen molar-refractivity contribution in [3.8, 4) is 0 Å². The highest BCUT2D eigenvalue weighted by molar-refractivity contribution is 9.10. The lowest BCUT2D eigenvalue weighted by Crippen LogP contribution is -2.38. The standard InChI is InChI=1S/C13H15BrN2O3S/c14-11-5-7-12(8-6-11)20(18,19)16-9-3-1-2-4-13(16)15-10-17/h5-8,13H,1-4,9H2. The summed E-state index contributed by atoms with van der Waals surface area (Å²) >= 11 is 3.28. The fourth-order valence-corrected chi connectivity index (χ4v) is 4.13. The van der Waals surface area contributed by atoms with Crippen LogP contribution in [0.1, 0.15) is 25.7 Å². The smallest absolute Gasteiger partial charge is 0.211 e. The van der Waals surface area contributed by atoms with Crippen molar-refractivity contribution in [3.63, 3.8) is 0 Å². The largest absolute Gasteiger partial charge is 0.244 e. The second kappa shape index (κ2) is 6.63. The van der Waals surface area contributed by atoms with E-state index >= 15 is 0 Å². The van der Waals surface area contributed by atoms with Crippen LogP contribution in [0.15, 0.2) is 38.6 Å². The number of isocyanates is 1. The molecule has 0 saturated carbocycles. The molecule has 2 rings (SSSR count). The number of hydrogen-bond donors (Lipinski definition) is 0. The van der Waals surface area contributed by atoms with E-state index in [2.05, 4.69) is 20.9 Å². The lowest BCUT2D eigenvalue weighted by atomic mass is 10.2. The number of carbonyl (C=O) groups excluding carboxylic acids is 1. The molecule has 0 N–H and O–H groups in total. The third-order valence-corrected chi connectivity index (χ3v) is 5.74. The van der Waals surface area contributed by atoms with Crippen molar-refractivity contribution in [1.29, 1.82) is 0 Å². The quantitative estimate of drug-likeness (QED) is 0.616. The van der Waals surface area contributed by atoms with Crippen LogP contribution in [-0.2, 0) is 14.8 Å². The van der Waals surface area contributed by atoms with Crippen molar-refractivity contribution >= 4 is 32.0 Å². The van der Waals surface area contributed by atoms with Gasteiger partial charge in [0.25, 0.3) is 0 Å². The van der Waals surface area contributed by atoms with Gasteiger partial charge in [0.2, 0.25) is 16.1 Å². The average Bonchev–Trinajstić information content (AvgIpc) is 2.65. The summed E-state index contributed by atoms with van der Waals surface area (Å²) in [5.41, 5.74) is 0. The maximum atomic E-state index is 12.7. The predicted octanol–water partition coefficient (Wildman–Crippen LogP) is 2.68. The number of nitrogens with zero attached hydrogens (tertiary/aromatic N) is 2. The minimum absolute atomic E-state index is 0.216. The topological polar surface area (TPSA) is 66.8 Å². The summed E-state index contributed by atoms with van der Waals surface area (Å²) in [6.07, 6.45) is 4.00. The van der Waals surface area contributed by atoms with Gasteiger partial charge in [0.1, 0.15) is 6.17 Å². The van der Waals surface area contributed by atoms with E-state index in [0.717, 1.165) is 23.7 Å². The van der Waals surface area contributed by atoms with E-state index in [1.54, 1.807) is 24.3 Å². The zero-order valence-electron chi connectivity index (χ0n) is 10.8. The van der Waals surface area contributed by atoms with Crippen molar-refractivity contribution in [1.82, 2.24) is 4.31 Å². The highest BCUT2D eigenvalue weighted by atomic mass is 79.9. The Morgan fingerprint density at radius 1 is 1.20 bits per heavy atom. The molecule has 5 nitrogen and oxygen atoms in total. The van der Waals surface area contributed by atoms with Crippen LogP contribution < -0.4 is 0 Å². The van der Waals surface area contributed by atoms with E-state index in [-0.39, 0.29) is 4.90 Å². The van der Waals surface area contributed by atoms with Crippen LogP contribution >= 0.6 is 15.9 Å². The maximum absolute atomic E-state index is 12.7. The molecule has 20 heavy (non-hydrogen) atoms. The van der Waals surface area contributed by atoms with Crippen LogP contribution in [0, 0.1) is 0 Å². The molecule has 0 spiro atoms. The van der Waals surface area contributed by atoms with E-state index in [1.807, 2.05) is 0 Å². The van der Waals surface area contributed by atoms with Crippen molar-refractivity contribution in [3.05, 3.63) is 28.7 Å². The molecule has 1 aliphatic rings. The van der Waals surface area contributed by atoms with Gasteiger partial charge < -0.3 is 0 Å². The van der Waals surface area contributed by atoms with Crippen molar-refractivity contribution in [2.75, 3.05) is 6.54 Å². The Kier molecular flexibility index (Phi) is 5.10. The molecule has 0 radical (unpaired) electrons. The Morgan fingerprint density at radius 2 is 1.90 bits per heavy atom. The number of sulfonamides is 1. The van der Waals surface area contributed by atoms with Crippen LogP contribution in [0.25, 0.3) is 0 Å². The SMILES string of the molecule is O=C=NC1CCCCCN1S(=O)(=O)c1ccc(Br)cc1. The highest BCUT2D eigenvalue weighted by Gasteiger charge is 2.32. The van der Waals surface area contributed by atoms with Gasteiger partial charge in [-0.2, -0.15) is 9.30 Å². The minimum atomic E-state index is -3.63. The lowest BCUT2D eigenvalue weighted by Gasteiger charge is -2.25. The summed E-state index contributed by atoms with van der Waals surface area (Å²) in [5, 5.41) is 0. The van der Waals surface area contributed by atoms with Crippen molar-refractivity contribution in [2.24, 2.45) is 4.99 Å². The van der Waals surface area contributed by atoms with Gasteiger partial charge in [0.15, 0.2) is 0 Å². The van der Waals surface area contributed by atoms with Crippen LogP contribution in [-0.4, -0.2) is 31.5 Å². The minimum Gasteiger partial charge on any atom is -0.211 e. The molecule has 1 aromatic carbocycles. The molecule has 1 fully saturated rings. The summed E-state index contributed by atoms with van der Waals surface area (Å²) in [7, 11) is -3.63. The van der Waals surface area contributed by atoms with Gasteiger partial charge >= 0.3 is 0 Å². The second-order valence-corrected chi connectivity index (χ2v) is 7.43. The molecular weight excluding hydrogens is 344 g/mol. The van der Waals surface area contributed by atoms with Gasteiger partial charge in [0.05, 0.1) is 4.90 Å². The second-order valence-electron chi connectivity index (χ2n) is 4.62. The van der Waals surface area contributed by atoms with Crippen LogP contribution in [0.4, 0.5) is 0 Å². The number of halogens is 1. The van der Waals surface area contributed by atoms with Gasteiger partial charge in [0, 0.05) is 11.0 Å². The van der Waals surface area contributed by atoms with E-state index in [9.17, 15) is 13.2 Å². The fourth-order valence-electron chi connectivity index (χ4n) is 2.28. The highest BCUT2D eigenvalue weighted by Crippen LogP contribution is 2.26. The summed E-state index contributed by atoms with van der Waals surface area (Å²) < 4.78 is 27.4. The van der Waals surface area contributed by atoms with Crippen LogP contribution in [0.3, 0.4) is 0 Å². The fraction of sp³-hybridized carbons (Fsp3) is 0.462. The van der Waals surface area contributed by atoms with Gasteiger partial charge in [-0.1, -0.05) is 22.4 Å². The average molecular weight is 359 g/mol. The normalized spacial score (nSPS) is 20.9. The molecule has 0 bridgehead atoms. The third-order valence-electron chi connectivity index (χ3n) is 3.30. The van der Waals surface area contributed by atoms with Crippen molar-refractivity contribution < 1.29 is 13.2 Å². The van der Waals surface area contributed by atoms with Crippen molar-refractivity contribution in [2.45, 2.75) is 36.7 Å². The molecule has 1 aliphatic heterocycles. The first-order chi connectivity index (χ1) is 9.55. The first-order valence-electron chi connectivity index (χ1n) is 6.40. The Bertz CT molecular complexity index is 609. The van der Waals surface area contributed by atoms with Crippen LogP contribution in [0.5, 0.6) is 0 Å². The molecule has 1 atom stereocenters. The van der Waals surface area contributed by atoms with E-state index in [4.69, 9.17) is 0 Å². The van der Waals surface area contributed by atoms with Gasteiger partial charge in [-0.25, -0.2) is 13.2 Å². The molecule has 1 unspecified atom stereocenters. The predicted molar refractivity (Wildman–Crippen MR) is 78.4 cm³/mol. The summed E-state index contributed by atoms with van der Waals surface area (Å²) in [6, 6.07) is 6.46. The molecule has 108 valence electrons. The number of aliphatic imine (C=N–C) groups is 1. The molecule has 1 aromatic rings. The van der Waals surface area contributed by atoms with Crippen LogP contribution in [0.2, 0.25) is 0 Å². The third kappa shape index (κ3) is 3.35. The Hall–Kier alpha value is -1.01. The molecule has 7 heteroatoms. The molecular formula is C13H15BrN2O3S. The number of benzene rings is 1. The summed E-state index contributed by atoms with van der Waals surface area (Å²) in [4.78, 5) is 14.4. The summed E-state index contributed by atoms with van der Waals surface area (Å²) in [6.45, 7) is 0.383. The van der Waals surface area contributed by atoms with Gasteiger partial charge in [-0.15, -0.1) is 0 Å². The Balaban J connectivity index is 2.38. The van der Waals surface area contributed by atoms with E-state index in [0.29, 0.717) is 13.0 Å². The molecule has 1 heterocycles. The Morgan fingerprint density at radius 3 is 2.55 bits per heavy atom. The molecule has 1 saturated heterocycles. The van der Waals surface area contributed by atoms with E-state index < -0.39 is 16.2 Å². The molecule has 0 amide bonds. The first kappa shape index (κ1) is 15.4. The monoisotopic (exact) mass is 358 g/mol.